The lowest BCUT2D eigenvalue weighted by Gasteiger charge is -1.92. The topological polar surface area (TPSA) is 26.0 Å². The monoisotopic (exact) mass is 115 g/mol. The molecule has 0 unspecified atom stereocenters. The van der Waals surface area contributed by atoms with Gasteiger partial charge in [0.2, 0.25) is 0 Å². The highest BCUT2D eigenvalue weighted by Gasteiger charge is 1.83. The molecule has 0 heterocycles. The Labute approximate surface area is 48.3 Å². The molecule has 0 aromatic carbocycles. The largest absolute Gasteiger partial charge is 0.394 e. The van der Waals surface area contributed by atoms with Crippen molar-refractivity contribution in [2.24, 2.45) is 5.73 Å². The van der Waals surface area contributed by atoms with Gasteiger partial charge in [0.15, 0.2) is 0 Å². The van der Waals surface area contributed by atoms with Gasteiger partial charge >= 0.3 is 0 Å². The Kier molecular flexibility index (Phi) is 2.60. The summed E-state index contributed by atoms with van der Waals surface area (Å²) >= 11 is 1.40. The highest BCUT2D eigenvalue weighted by molar-refractivity contribution is 8.06. The quantitative estimate of drug-likeness (QED) is 0.592. The maximum absolute atomic E-state index is 5.20. The van der Waals surface area contributed by atoms with Crippen molar-refractivity contribution in [2.75, 3.05) is 0 Å². The molecular weight excluding hydrogens is 106 g/mol. The van der Waals surface area contributed by atoms with Crippen molar-refractivity contribution < 1.29 is 0 Å². The van der Waals surface area contributed by atoms with Gasteiger partial charge in [-0.1, -0.05) is 24.9 Å². The first-order valence-corrected chi connectivity index (χ1v) is 2.72. The van der Waals surface area contributed by atoms with Crippen LogP contribution in [0.2, 0.25) is 0 Å². The lowest BCUT2D eigenvalue weighted by atomic mass is 10.8. The van der Waals surface area contributed by atoms with E-state index < -0.39 is 0 Å². The summed E-state index contributed by atoms with van der Waals surface area (Å²) in [6.45, 7) is 8.98. The molecule has 2 N–H and O–H groups in total. The van der Waals surface area contributed by atoms with Crippen LogP contribution in [-0.4, -0.2) is 0 Å². The van der Waals surface area contributed by atoms with E-state index in [4.69, 9.17) is 5.73 Å². The molecule has 0 atom stereocenters. The van der Waals surface area contributed by atoms with Gasteiger partial charge in [-0.05, 0) is 11.8 Å². The Morgan fingerprint density at radius 1 is 1.57 bits per heavy atom. The molecular formula is C5H9NS. The van der Waals surface area contributed by atoms with E-state index in [-0.39, 0.29) is 0 Å². The lowest BCUT2D eigenvalue weighted by Crippen LogP contribution is -1.86. The second-order valence-corrected chi connectivity index (χ2v) is 2.70. The zero-order chi connectivity index (χ0) is 5.86. The Balaban J connectivity index is 3.32. The van der Waals surface area contributed by atoms with E-state index in [0.29, 0.717) is 5.03 Å². The number of thioether (sulfide) groups is 1. The van der Waals surface area contributed by atoms with E-state index in [1.807, 2.05) is 6.92 Å². The van der Waals surface area contributed by atoms with E-state index in [1.165, 1.54) is 11.8 Å². The Hall–Kier alpha value is -0.370. The average molecular weight is 115 g/mol. The third-order valence-corrected chi connectivity index (χ3v) is 0.916. The smallest absolute Gasteiger partial charge is 0.0626 e. The summed E-state index contributed by atoms with van der Waals surface area (Å²) in [5.41, 5.74) is 5.20. The van der Waals surface area contributed by atoms with Crippen molar-refractivity contribution >= 4 is 11.8 Å². The van der Waals surface area contributed by atoms with Crippen LogP contribution in [0.4, 0.5) is 0 Å². The molecule has 0 rings (SSSR count). The molecule has 0 spiro atoms. The van der Waals surface area contributed by atoms with Gasteiger partial charge in [0.1, 0.15) is 0 Å². The average Bonchev–Trinajstić information content (AvgIpc) is 1.27. The molecule has 0 aromatic heterocycles. The standard InChI is InChI=1S/C5H9NS/c1-4(2)7-5(3)6/h1,3,6H2,2H3. The Morgan fingerprint density at radius 2 is 2.00 bits per heavy atom. The molecule has 0 saturated heterocycles. The predicted molar refractivity (Wildman–Crippen MR) is 35.7 cm³/mol. The normalized spacial score (nSPS) is 8.14. The lowest BCUT2D eigenvalue weighted by molar-refractivity contribution is 1.57. The predicted octanol–water partition coefficient (Wildman–Crippen LogP) is 1.68. The van der Waals surface area contributed by atoms with Crippen molar-refractivity contribution in [3.63, 3.8) is 0 Å². The van der Waals surface area contributed by atoms with Crippen LogP contribution in [0.3, 0.4) is 0 Å². The van der Waals surface area contributed by atoms with Crippen molar-refractivity contribution in [2.45, 2.75) is 6.92 Å². The molecule has 0 amide bonds. The van der Waals surface area contributed by atoms with E-state index in [1.54, 1.807) is 0 Å². The third-order valence-electron chi connectivity index (χ3n) is 0.305. The zero-order valence-electron chi connectivity index (χ0n) is 4.40. The van der Waals surface area contributed by atoms with E-state index in [0.717, 1.165) is 4.91 Å². The first-order valence-electron chi connectivity index (χ1n) is 1.90. The molecule has 7 heavy (non-hydrogen) atoms. The van der Waals surface area contributed by atoms with E-state index >= 15 is 0 Å². The molecule has 2 heteroatoms. The maximum Gasteiger partial charge on any atom is 0.0626 e. The first-order chi connectivity index (χ1) is 3.13. The summed E-state index contributed by atoms with van der Waals surface area (Å²) < 4.78 is 0. The summed E-state index contributed by atoms with van der Waals surface area (Å²) in [6, 6.07) is 0. The number of hydrogen-bond acceptors (Lipinski definition) is 2. The molecule has 1 nitrogen and oxygen atoms in total. The second kappa shape index (κ2) is 2.75. The van der Waals surface area contributed by atoms with Gasteiger partial charge < -0.3 is 5.73 Å². The molecule has 40 valence electrons. The Morgan fingerprint density at radius 3 is 2.00 bits per heavy atom. The van der Waals surface area contributed by atoms with Gasteiger partial charge in [-0.2, -0.15) is 0 Å². The minimum atomic E-state index is 0.604. The van der Waals surface area contributed by atoms with E-state index in [2.05, 4.69) is 13.2 Å². The molecule has 0 aliphatic rings. The van der Waals surface area contributed by atoms with Crippen molar-refractivity contribution in [1.82, 2.24) is 0 Å². The van der Waals surface area contributed by atoms with Crippen LogP contribution in [0.25, 0.3) is 0 Å². The second-order valence-electron chi connectivity index (χ2n) is 1.27. The van der Waals surface area contributed by atoms with Gasteiger partial charge in [-0.3, -0.25) is 0 Å². The molecule has 0 aromatic rings. The molecule has 0 saturated carbocycles. The van der Waals surface area contributed by atoms with Gasteiger partial charge in [-0.15, -0.1) is 0 Å². The third kappa shape index (κ3) is 5.63. The summed E-state index contributed by atoms with van der Waals surface area (Å²) in [7, 11) is 0. The fraction of sp³-hybridized carbons (Fsp3) is 0.200. The van der Waals surface area contributed by atoms with Gasteiger partial charge in [0.25, 0.3) is 0 Å². The van der Waals surface area contributed by atoms with Gasteiger partial charge in [0.05, 0.1) is 5.03 Å². The first kappa shape index (κ1) is 6.63. The molecule has 0 bridgehead atoms. The SMILES string of the molecule is C=C(C)SC(=C)N. The Bertz CT molecular complexity index is 84.3. The maximum atomic E-state index is 5.20. The van der Waals surface area contributed by atoms with Gasteiger partial charge in [-0.25, -0.2) is 0 Å². The van der Waals surface area contributed by atoms with Crippen LogP contribution in [0.1, 0.15) is 6.92 Å². The number of rotatable bonds is 2. The highest BCUT2D eigenvalue weighted by atomic mass is 32.2. The van der Waals surface area contributed by atoms with Crippen LogP contribution < -0.4 is 5.73 Å². The molecule has 0 aliphatic carbocycles. The minimum Gasteiger partial charge on any atom is -0.394 e. The number of nitrogens with two attached hydrogens (primary N) is 1. The number of hydrogen-bond donors (Lipinski definition) is 1. The highest BCUT2D eigenvalue weighted by Crippen LogP contribution is 2.15. The van der Waals surface area contributed by atoms with Crippen LogP contribution in [-0.2, 0) is 0 Å². The summed E-state index contributed by atoms with van der Waals surface area (Å²) in [4.78, 5) is 0.979. The summed E-state index contributed by atoms with van der Waals surface area (Å²) in [6.07, 6.45) is 0. The van der Waals surface area contributed by atoms with Crippen LogP contribution in [0.15, 0.2) is 23.1 Å². The van der Waals surface area contributed by atoms with Crippen molar-refractivity contribution in [3.8, 4) is 0 Å². The van der Waals surface area contributed by atoms with Crippen LogP contribution >= 0.6 is 11.8 Å². The summed E-state index contributed by atoms with van der Waals surface area (Å²) in [5.74, 6) is 0. The van der Waals surface area contributed by atoms with Crippen LogP contribution in [0, 0.1) is 0 Å². The van der Waals surface area contributed by atoms with E-state index in [9.17, 15) is 0 Å². The van der Waals surface area contributed by atoms with Crippen molar-refractivity contribution in [1.29, 1.82) is 0 Å². The molecule has 0 radical (unpaired) electrons. The molecule has 0 aliphatic heterocycles. The zero-order valence-corrected chi connectivity index (χ0v) is 5.22. The molecule has 0 fully saturated rings. The summed E-state index contributed by atoms with van der Waals surface area (Å²) in [5, 5.41) is 0.604. The van der Waals surface area contributed by atoms with Crippen molar-refractivity contribution in [3.05, 3.63) is 23.1 Å². The number of allylic oxidation sites excluding steroid dienone is 1. The fourth-order valence-electron chi connectivity index (χ4n) is 0.224. The van der Waals surface area contributed by atoms with Crippen LogP contribution in [0.5, 0.6) is 0 Å². The fourth-order valence-corrected chi connectivity index (χ4v) is 0.671. The minimum absolute atomic E-state index is 0.604. The van der Waals surface area contributed by atoms with Gasteiger partial charge in [0, 0.05) is 0 Å².